The number of aliphatic hydroxyl groups excluding tert-OH is 1. The van der Waals surface area contributed by atoms with Crippen LogP contribution < -0.4 is 16.0 Å². The maximum atomic E-state index is 13.9. The van der Waals surface area contributed by atoms with Crippen molar-refractivity contribution in [3.8, 4) is 0 Å². The summed E-state index contributed by atoms with van der Waals surface area (Å²) >= 11 is 0. The summed E-state index contributed by atoms with van der Waals surface area (Å²) in [7, 11) is 0. The summed E-state index contributed by atoms with van der Waals surface area (Å²) in [6.07, 6.45) is -3.23. The molecule has 0 spiro atoms. The number of carbonyl (C=O) groups is 4. The number of ether oxygens (including phenoxy) is 1. The first kappa shape index (κ1) is 33.1. The van der Waals surface area contributed by atoms with Gasteiger partial charge in [0, 0.05) is 6.54 Å². The second-order valence-electron chi connectivity index (χ2n) is 9.43. The molecule has 0 heterocycles. The number of carbonyl (C=O) groups excluding carboxylic acids is 4. The van der Waals surface area contributed by atoms with Crippen LogP contribution in [-0.4, -0.2) is 47.4 Å². The van der Waals surface area contributed by atoms with E-state index in [9.17, 15) is 46.2 Å². The molecule has 9 nitrogen and oxygen atoms in total. The summed E-state index contributed by atoms with van der Waals surface area (Å²) in [5.41, 5.74) is -0.878. The molecule has 3 amide bonds. The minimum absolute atomic E-state index is 0.0597. The molecule has 0 bridgehead atoms. The van der Waals surface area contributed by atoms with E-state index in [1.54, 1.807) is 44.2 Å². The number of Topliss-reactive ketones (excluding diaryl/α,β-unsaturated/α-hetero) is 1. The fraction of sp³-hybridized carbons (Fsp3) is 0.407. The molecule has 14 heteroatoms. The van der Waals surface area contributed by atoms with Crippen LogP contribution in [0.4, 0.5) is 26.7 Å². The van der Waals surface area contributed by atoms with E-state index in [0.717, 1.165) is 0 Å². The smallest absolute Gasteiger partial charge is 0.408 e. The van der Waals surface area contributed by atoms with Crippen LogP contribution in [-0.2, 0) is 25.7 Å². The summed E-state index contributed by atoms with van der Waals surface area (Å²) in [4.78, 5) is 50.2. The fourth-order valence-corrected chi connectivity index (χ4v) is 3.69. The van der Waals surface area contributed by atoms with Gasteiger partial charge in [0.15, 0.2) is 23.3 Å². The first-order valence-corrected chi connectivity index (χ1v) is 12.6. The summed E-state index contributed by atoms with van der Waals surface area (Å²) < 4.78 is 73.0. The van der Waals surface area contributed by atoms with Gasteiger partial charge < -0.3 is 25.8 Å². The van der Waals surface area contributed by atoms with E-state index in [1.807, 2.05) is 5.32 Å². The molecule has 224 valence electrons. The number of benzene rings is 2. The second kappa shape index (κ2) is 15.1. The second-order valence-corrected chi connectivity index (χ2v) is 9.43. The highest BCUT2D eigenvalue weighted by molar-refractivity contribution is 6.38. The van der Waals surface area contributed by atoms with E-state index in [4.69, 9.17) is 4.74 Å². The number of rotatable bonds is 13. The molecule has 3 atom stereocenters. The van der Waals surface area contributed by atoms with Crippen LogP contribution in [0.15, 0.2) is 30.3 Å². The zero-order chi connectivity index (χ0) is 30.9. The van der Waals surface area contributed by atoms with E-state index in [2.05, 4.69) is 10.6 Å². The lowest BCUT2D eigenvalue weighted by Gasteiger charge is -2.23. The van der Waals surface area contributed by atoms with Crippen molar-refractivity contribution in [1.82, 2.24) is 16.0 Å². The lowest BCUT2D eigenvalue weighted by Crippen LogP contribution is -2.54. The van der Waals surface area contributed by atoms with Gasteiger partial charge in [0.25, 0.3) is 5.91 Å². The summed E-state index contributed by atoms with van der Waals surface area (Å²) in [6, 6.07) is 6.21. The van der Waals surface area contributed by atoms with Gasteiger partial charge >= 0.3 is 6.09 Å². The first-order valence-electron chi connectivity index (χ1n) is 12.6. The van der Waals surface area contributed by atoms with E-state index >= 15 is 0 Å². The van der Waals surface area contributed by atoms with Crippen LogP contribution in [0.2, 0.25) is 0 Å². The van der Waals surface area contributed by atoms with E-state index < -0.39 is 83.1 Å². The lowest BCUT2D eigenvalue weighted by atomic mass is 10.0. The Bertz CT molecular complexity index is 1230. The largest absolute Gasteiger partial charge is 0.445 e. The monoisotopic (exact) mass is 587 g/mol. The number of nitrogens with one attached hydrogen (secondary N) is 3. The summed E-state index contributed by atoms with van der Waals surface area (Å²) in [6.45, 7) is 3.87. The molecular weight excluding hydrogens is 557 g/mol. The van der Waals surface area contributed by atoms with Crippen molar-refractivity contribution < 1.29 is 51.0 Å². The average molecular weight is 588 g/mol. The van der Waals surface area contributed by atoms with Crippen LogP contribution in [0.25, 0.3) is 0 Å². The van der Waals surface area contributed by atoms with Crippen LogP contribution in [0.1, 0.15) is 50.8 Å². The summed E-state index contributed by atoms with van der Waals surface area (Å²) in [5.74, 6) is -15.1. The Morgan fingerprint density at radius 2 is 1.41 bits per heavy atom. The number of amides is 3. The molecule has 2 aromatic rings. The number of aliphatic hydroxyl groups is 1. The van der Waals surface area contributed by atoms with Gasteiger partial charge in [-0.2, -0.15) is 0 Å². The Kier molecular flexibility index (Phi) is 12.2. The minimum atomic E-state index is -2.42. The molecule has 0 aliphatic rings. The maximum absolute atomic E-state index is 13.9. The third-order valence-electron chi connectivity index (χ3n) is 5.83. The highest BCUT2D eigenvalue weighted by atomic mass is 19.2. The number of hydrogen-bond donors (Lipinski definition) is 4. The van der Waals surface area contributed by atoms with Crippen molar-refractivity contribution >= 4 is 23.7 Å². The molecule has 4 N–H and O–H groups in total. The Hall–Kier alpha value is -4.07. The Labute approximate surface area is 232 Å². The van der Waals surface area contributed by atoms with Crippen molar-refractivity contribution in [3.63, 3.8) is 0 Å². The SMILES string of the molecule is CCC(NC(=O)[C@H](CC(C)C)NC(=O)OCc1ccccc1)C(=O)C(=O)NCC(O)c1c(F)c(F)c(F)c(F)c1F. The van der Waals surface area contributed by atoms with Gasteiger partial charge in [-0.1, -0.05) is 51.1 Å². The van der Waals surface area contributed by atoms with Crippen molar-refractivity contribution in [2.45, 2.75) is 58.4 Å². The predicted octanol–water partition coefficient (Wildman–Crippen LogP) is 3.34. The Morgan fingerprint density at radius 1 is 0.854 bits per heavy atom. The van der Waals surface area contributed by atoms with E-state index in [1.165, 1.54) is 6.92 Å². The molecule has 0 fully saturated rings. The van der Waals surface area contributed by atoms with Crippen molar-refractivity contribution in [3.05, 3.63) is 70.5 Å². The number of hydrogen-bond acceptors (Lipinski definition) is 6. The van der Waals surface area contributed by atoms with Gasteiger partial charge in [-0.3, -0.25) is 14.4 Å². The topological polar surface area (TPSA) is 134 Å². The Morgan fingerprint density at radius 3 is 1.95 bits per heavy atom. The van der Waals surface area contributed by atoms with Crippen LogP contribution in [0.5, 0.6) is 0 Å². The fourth-order valence-electron chi connectivity index (χ4n) is 3.69. The van der Waals surface area contributed by atoms with Crippen LogP contribution >= 0.6 is 0 Å². The first-order chi connectivity index (χ1) is 19.3. The number of halogens is 5. The molecule has 2 aromatic carbocycles. The van der Waals surface area contributed by atoms with E-state index in [-0.39, 0.29) is 25.4 Å². The zero-order valence-electron chi connectivity index (χ0n) is 22.4. The summed E-state index contributed by atoms with van der Waals surface area (Å²) in [5, 5.41) is 16.6. The zero-order valence-corrected chi connectivity index (χ0v) is 22.4. The van der Waals surface area contributed by atoms with Gasteiger partial charge in [-0.05, 0) is 24.3 Å². The van der Waals surface area contributed by atoms with Gasteiger partial charge in [-0.15, -0.1) is 0 Å². The standard InChI is InChI=1S/C27H30F5N3O6/c1-4-15(24(37)26(39)33-11-17(36)18-19(28)21(30)23(32)22(31)20(18)29)34-25(38)16(10-13(2)3)35-27(40)41-12-14-8-6-5-7-9-14/h5-9,13,15-17,36H,4,10-12H2,1-3H3,(H,33,39)(H,34,38)(H,35,40)/t15?,16-,17?/m0/s1. The van der Waals surface area contributed by atoms with Gasteiger partial charge in [0.05, 0.1) is 11.6 Å². The van der Waals surface area contributed by atoms with Crippen LogP contribution in [0, 0.1) is 35.0 Å². The average Bonchev–Trinajstić information content (AvgIpc) is 2.95. The normalized spacial score (nSPS) is 13.2. The van der Waals surface area contributed by atoms with Crippen LogP contribution in [0.3, 0.4) is 0 Å². The van der Waals surface area contributed by atoms with Gasteiger partial charge in [0.1, 0.15) is 18.8 Å². The molecule has 41 heavy (non-hydrogen) atoms. The van der Waals surface area contributed by atoms with Crippen molar-refractivity contribution in [1.29, 1.82) is 0 Å². The number of alkyl carbamates (subject to hydrolysis) is 1. The highest BCUT2D eigenvalue weighted by Gasteiger charge is 2.32. The highest BCUT2D eigenvalue weighted by Crippen LogP contribution is 2.27. The third kappa shape index (κ3) is 8.96. The third-order valence-corrected chi connectivity index (χ3v) is 5.83. The van der Waals surface area contributed by atoms with Gasteiger partial charge in [-0.25, -0.2) is 26.7 Å². The molecule has 0 saturated heterocycles. The molecule has 0 aliphatic carbocycles. The van der Waals surface area contributed by atoms with E-state index in [0.29, 0.717) is 5.56 Å². The molecule has 0 aliphatic heterocycles. The number of ketones is 1. The molecule has 0 saturated carbocycles. The minimum Gasteiger partial charge on any atom is -0.445 e. The molecule has 0 aromatic heterocycles. The lowest BCUT2D eigenvalue weighted by molar-refractivity contribution is -0.140. The molecule has 2 rings (SSSR count). The maximum Gasteiger partial charge on any atom is 0.408 e. The Balaban J connectivity index is 2.02. The molecule has 0 radical (unpaired) electrons. The van der Waals surface area contributed by atoms with Crippen molar-refractivity contribution in [2.75, 3.05) is 6.54 Å². The molecular formula is C27H30F5N3O6. The quantitative estimate of drug-likeness (QED) is 0.123. The molecule has 2 unspecified atom stereocenters. The predicted molar refractivity (Wildman–Crippen MR) is 134 cm³/mol. The van der Waals surface area contributed by atoms with Crippen molar-refractivity contribution in [2.24, 2.45) is 5.92 Å². The van der Waals surface area contributed by atoms with Gasteiger partial charge in [0.2, 0.25) is 17.5 Å².